The van der Waals surface area contributed by atoms with Crippen molar-refractivity contribution >= 4 is 11.8 Å². The lowest BCUT2D eigenvalue weighted by Crippen LogP contribution is -2.25. The standard InChI is InChI=1S/C19H16N4OS/c1-12-6-7-15(9-13(12)2)23-17(14-5-4-8-21-11-14)22-18(25-3)16(10-20)19(23)24/h4-9,11H,1-3H3. The molecule has 5 nitrogen and oxygen atoms in total. The third-order valence-corrected chi connectivity index (χ3v) is 4.71. The van der Waals surface area contributed by atoms with Crippen LogP contribution in [0, 0.1) is 25.2 Å². The molecule has 2 heterocycles. The Hall–Kier alpha value is -2.91. The second kappa shape index (κ2) is 6.91. The van der Waals surface area contributed by atoms with Crippen molar-refractivity contribution in [1.29, 1.82) is 5.26 Å². The van der Waals surface area contributed by atoms with Crippen LogP contribution >= 0.6 is 11.8 Å². The van der Waals surface area contributed by atoms with Gasteiger partial charge in [0.1, 0.15) is 22.5 Å². The van der Waals surface area contributed by atoms with Gasteiger partial charge in [0.2, 0.25) is 0 Å². The minimum atomic E-state index is -0.371. The Bertz CT molecular complexity index is 1040. The minimum absolute atomic E-state index is 0.0540. The smallest absolute Gasteiger partial charge is 0.267 e. The van der Waals surface area contributed by atoms with Crippen molar-refractivity contribution in [1.82, 2.24) is 14.5 Å². The number of nitriles is 1. The lowest BCUT2D eigenvalue weighted by atomic mass is 10.1. The number of hydrogen-bond acceptors (Lipinski definition) is 5. The number of nitrogens with zero attached hydrogens (tertiary/aromatic N) is 4. The Balaban J connectivity index is 2.41. The van der Waals surface area contributed by atoms with E-state index in [1.54, 1.807) is 24.7 Å². The Labute approximate surface area is 150 Å². The molecule has 1 aromatic carbocycles. The van der Waals surface area contributed by atoms with Crippen LogP contribution in [-0.4, -0.2) is 20.8 Å². The lowest BCUT2D eigenvalue weighted by Gasteiger charge is -2.15. The van der Waals surface area contributed by atoms with Gasteiger partial charge in [-0.25, -0.2) is 4.98 Å². The van der Waals surface area contributed by atoms with Crippen LogP contribution in [0.4, 0.5) is 0 Å². The predicted octanol–water partition coefficient (Wildman–Crippen LogP) is 3.50. The third kappa shape index (κ3) is 3.06. The van der Waals surface area contributed by atoms with E-state index in [9.17, 15) is 10.1 Å². The van der Waals surface area contributed by atoms with E-state index in [2.05, 4.69) is 9.97 Å². The molecule has 0 unspecified atom stereocenters. The van der Waals surface area contributed by atoms with E-state index in [0.717, 1.165) is 16.7 Å². The fourth-order valence-corrected chi connectivity index (χ4v) is 3.05. The van der Waals surface area contributed by atoms with E-state index in [0.29, 0.717) is 16.5 Å². The number of aromatic nitrogens is 3. The number of pyridine rings is 1. The van der Waals surface area contributed by atoms with E-state index in [1.165, 1.54) is 16.3 Å². The molecule has 0 bridgehead atoms. The molecule has 0 aliphatic heterocycles. The van der Waals surface area contributed by atoms with Crippen LogP contribution in [0.2, 0.25) is 0 Å². The monoisotopic (exact) mass is 348 g/mol. The molecular weight excluding hydrogens is 332 g/mol. The fraction of sp³-hybridized carbons (Fsp3) is 0.158. The zero-order chi connectivity index (χ0) is 18.0. The first-order valence-corrected chi connectivity index (χ1v) is 8.88. The molecule has 0 spiro atoms. The molecule has 124 valence electrons. The van der Waals surface area contributed by atoms with Crippen LogP contribution in [0.15, 0.2) is 52.5 Å². The topological polar surface area (TPSA) is 71.6 Å². The van der Waals surface area contributed by atoms with Crippen LogP contribution in [-0.2, 0) is 0 Å². The highest BCUT2D eigenvalue weighted by molar-refractivity contribution is 7.98. The van der Waals surface area contributed by atoms with Gasteiger partial charge in [0.25, 0.3) is 5.56 Å². The van der Waals surface area contributed by atoms with Crippen molar-refractivity contribution < 1.29 is 0 Å². The van der Waals surface area contributed by atoms with Crippen molar-refractivity contribution in [2.45, 2.75) is 18.9 Å². The maximum atomic E-state index is 13.0. The van der Waals surface area contributed by atoms with Gasteiger partial charge in [-0.2, -0.15) is 5.26 Å². The summed E-state index contributed by atoms with van der Waals surface area (Å²) in [6.45, 7) is 4.00. The van der Waals surface area contributed by atoms with Crippen molar-refractivity contribution in [3.8, 4) is 23.1 Å². The van der Waals surface area contributed by atoms with E-state index >= 15 is 0 Å². The van der Waals surface area contributed by atoms with Crippen LogP contribution in [0.5, 0.6) is 0 Å². The molecule has 0 amide bonds. The summed E-state index contributed by atoms with van der Waals surface area (Å²) in [5.74, 6) is 0.477. The second-order valence-corrected chi connectivity index (χ2v) is 6.38. The Kier molecular flexibility index (Phi) is 4.68. The first-order chi connectivity index (χ1) is 12.1. The summed E-state index contributed by atoms with van der Waals surface area (Å²) in [7, 11) is 0. The first kappa shape index (κ1) is 16.9. The number of rotatable bonds is 3. The molecule has 0 saturated carbocycles. The maximum Gasteiger partial charge on any atom is 0.277 e. The van der Waals surface area contributed by atoms with Gasteiger partial charge in [-0.05, 0) is 55.5 Å². The average Bonchev–Trinajstić information content (AvgIpc) is 2.64. The molecule has 25 heavy (non-hydrogen) atoms. The van der Waals surface area contributed by atoms with E-state index in [4.69, 9.17) is 0 Å². The van der Waals surface area contributed by atoms with Gasteiger partial charge in [0.15, 0.2) is 0 Å². The summed E-state index contributed by atoms with van der Waals surface area (Å²) < 4.78 is 1.49. The van der Waals surface area contributed by atoms with Gasteiger partial charge < -0.3 is 0 Å². The molecule has 0 aliphatic carbocycles. The van der Waals surface area contributed by atoms with Crippen molar-refractivity contribution in [3.05, 3.63) is 69.8 Å². The SMILES string of the molecule is CSc1nc(-c2cccnc2)n(-c2ccc(C)c(C)c2)c(=O)c1C#N. The zero-order valence-electron chi connectivity index (χ0n) is 14.1. The van der Waals surface area contributed by atoms with Gasteiger partial charge in [-0.3, -0.25) is 14.3 Å². The first-order valence-electron chi connectivity index (χ1n) is 7.66. The zero-order valence-corrected chi connectivity index (χ0v) is 15.0. The summed E-state index contributed by atoms with van der Waals surface area (Å²) in [6.07, 6.45) is 5.13. The van der Waals surface area contributed by atoms with Crippen LogP contribution in [0.3, 0.4) is 0 Å². The van der Waals surface area contributed by atoms with Gasteiger partial charge in [0, 0.05) is 18.0 Å². The van der Waals surface area contributed by atoms with Crippen LogP contribution < -0.4 is 5.56 Å². The second-order valence-electron chi connectivity index (χ2n) is 5.58. The van der Waals surface area contributed by atoms with E-state index in [1.807, 2.05) is 44.2 Å². The number of hydrogen-bond donors (Lipinski definition) is 0. The van der Waals surface area contributed by atoms with Gasteiger partial charge in [-0.15, -0.1) is 11.8 Å². The molecular formula is C19H16N4OS. The van der Waals surface area contributed by atoms with Gasteiger partial charge in [-0.1, -0.05) is 6.07 Å². The molecule has 0 N–H and O–H groups in total. The normalized spacial score (nSPS) is 10.5. The molecule has 3 aromatic rings. The van der Waals surface area contributed by atoms with Crippen molar-refractivity contribution in [2.24, 2.45) is 0 Å². The summed E-state index contributed by atoms with van der Waals surface area (Å²) in [5, 5.41) is 9.86. The molecule has 2 aromatic heterocycles. The number of aryl methyl sites for hydroxylation is 2. The van der Waals surface area contributed by atoms with Gasteiger partial charge in [0.05, 0.1) is 5.69 Å². The van der Waals surface area contributed by atoms with E-state index in [-0.39, 0.29) is 11.1 Å². The lowest BCUT2D eigenvalue weighted by molar-refractivity contribution is 0.890. The largest absolute Gasteiger partial charge is 0.277 e. The van der Waals surface area contributed by atoms with E-state index < -0.39 is 0 Å². The summed E-state index contributed by atoms with van der Waals surface area (Å²) in [6, 6.07) is 11.4. The maximum absolute atomic E-state index is 13.0. The average molecular weight is 348 g/mol. The highest BCUT2D eigenvalue weighted by atomic mass is 32.2. The Morgan fingerprint density at radius 3 is 2.60 bits per heavy atom. The summed E-state index contributed by atoms with van der Waals surface area (Å²) in [4.78, 5) is 21.8. The number of benzene rings is 1. The summed E-state index contributed by atoms with van der Waals surface area (Å²) >= 11 is 1.29. The highest BCUT2D eigenvalue weighted by Gasteiger charge is 2.19. The predicted molar refractivity (Wildman–Crippen MR) is 99.0 cm³/mol. The van der Waals surface area contributed by atoms with Crippen LogP contribution in [0.25, 0.3) is 17.1 Å². The third-order valence-electron chi connectivity index (χ3n) is 4.02. The summed E-state index contributed by atoms with van der Waals surface area (Å²) in [5.41, 5.74) is 3.28. The Morgan fingerprint density at radius 2 is 2.00 bits per heavy atom. The fourth-order valence-electron chi connectivity index (χ4n) is 2.54. The highest BCUT2D eigenvalue weighted by Crippen LogP contribution is 2.24. The van der Waals surface area contributed by atoms with Crippen molar-refractivity contribution in [2.75, 3.05) is 6.26 Å². The molecule has 0 radical (unpaired) electrons. The van der Waals surface area contributed by atoms with Crippen LogP contribution in [0.1, 0.15) is 16.7 Å². The molecule has 0 saturated heterocycles. The molecule has 0 atom stereocenters. The molecule has 6 heteroatoms. The molecule has 0 aliphatic rings. The molecule has 0 fully saturated rings. The number of thioether (sulfide) groups is 1. The Morgan fingerprint density at radius 1 is 1.20 bits per heavy atom. The quantitative estimate of drug-likeness (QED) is 0.535. The van der Waals surface area contributed by atoms with Crippen molar-refractivity contribution in [3.63, 3.8) is 0 Å². The minimum Gasteiger partial charge on any atom is -0.267 e. The molecule has 3 rings (SSSR count). The van der Waals surface area contributed by atoms with Gasteiger partial charge >= 0.3 is 0 Å².